The lowest BCUT2D eigenvalue weighted by Gasteiger charge is -2.48. The summed E-state index contributed by atoms with van der Waals surface area (Å²) in [6.07, 6.45) is 2.56. The summed E-state index contributed by atoms with van der Waals surface area (Å²) in [5.41, 5.74) is 1.56. The first-order valence-electron chi connectivity index (χ1n) is 9.05. The van der Waals surface area contributed by atoms with Gasteiger partial charge in [0.1, 0.15) is 0 Å². The average Bonchev–Trinajstić information content (AvgIpc) is 3.16. The van der Waals surface area contributed by atoms with Gasteiger partial charge in [-0.25, -0.2) is 8.42 Å². The van der Waals surface area contributed by atoms with Crippen LogP contribution in [-0.4, -0.2) is 44.5 Å². The van der Waals surface area contributed by atoms with Crippen molar-refractivity contribution in [3.05, 3.63) is 0 Å². The van der Waals surface area contributed by atoms with Crippen LogP contribution < -0.4 is 0 Å². The molecule has 2 aliphatic carbocycles. The van der Waals surface area contributed by atoms with Crippen molar-refractivity contribution in [2.24, 2.45) is 0 Å². The summed E-state index contributed by atoms with van der Waals surface area (Å²) in [5.74, 6) is 0. The van der Waals surface area contributed by atoms with Crippen LogP contribution in [0.5, 0.6) is 0 Å². The highest BCUT2D eigenvalue weighted by atomic mass is 32.2. The summed E-state index contributed by atoms with van der Waals surface area (Å²) in [7, 11) is -5.14. The highest BCUT2D eigenvalue weighted by Gasteiger charge is 2.60. The maximum Gasteiger partial charge on any atom is 0.200 e. The molecule has 23 heavy (non-hydrogen) atoms. The zero-order chi connectivity index (χ0) is 17.6. The Balaban J connectivity index is 2.04. The number of sulfone groups is 1. The monoisotopic (exact) mass is 362 g/mol. The molecule has 4 nitrogen and oxygen atoms in total. The SMILES string of the molecule is CC(C)[Si](O[C@H]1C[C@@H](S(=O)(=O)C2(CO)CC2)C1)(C(C)C)C(C)C. The molecule has 6 heteroatoms. The van der Waals surface area contributed by atoms with Gasteiger partial charge in [0.2, 0.25) is 8.32 Å². The molecule has 2 fully saturated rings. The minimum absolute atomic E-state index is 0.0862. The Bertz CT molecular complexity index is 495. The van der Waals surface area contributed by atoms with Gasteiger partial charge in [0.25, 0.3) is 0 Å². The van der Waals surface area contributed by atoms with Crippen molar-refractivity contribution >= 4 is 18.2 Å². The Morgan fingerprint density at radius 3 is 1.78 bits per heavy atom. The van der Waals surface area contributed by atoms with Crippen molar-refractivity contribution < 1.29 is 18.0 Å². The Kier molecular flexibility index (Phi) is 5.43. The molecule has 0 spiro atoms. The Hall–Kier alpha value is 0.0869. The van der Waals surface area contributed by atoms with E-state index in [9.17, 15) is 13.5 Å². The molecule has 0 saturated heterocycles. The van der Waals surface area contributed by atoms with Crippen LogP contribution in [0.3, 0.4) is 0 Å². The molecular weight excluding hydrogens is 328 g/mol. The topological polar surface area (TPSA) is 63.6 Å². The third-order valence-corrected chi connectivity index (χ3v) is 15.4. The number of rotatable bonds is 8. The fourth-order valence-electron chi connectivity index (χ4n) is 4.59. The van der Waals surface area contributed by atoms with E-state index in [0.717, 1.165) is 0 Å². The molecule has 0 aromatic rings. The third-order valence-electron chi connectivity index (χ3n) is 6.27. The van der Waals surface area contributed by atoms with E-state index in [1.807, 2.05) is 0 Å². The van der Waals surface area contributed by atoms with Crippen LogP contribution in [0.2, 0.25) is 16.6 Å². The second-order valence-corrected chi connectivity index (χ2v) is 16.6. The fraction of sp³-hybridized carbons (Fsp3) is 1.00. The molecule has 0 atom stereocenters. The molecule has 0 unspecified atom stereocenters. The summed E-state index contributed by atoms with van der Waals surface area (Å²) in [5, 5.41) is 9.12. The molecule has 0 amide bonds. The predicted octanol–water partition coefficient (Wildman–Crippen LogP) is 3.65. The van der Waals surface area contributed by atoms with Gasteiger partial charge in [-0.2, -0.15) is 0 Å². The maximum absolute atomic E-state index is 12.6. The van der Waals surface area contributed by atoms with Crippen LogP contribution in [0.25, 0.3) is 0 Å². The quantitative estimate of drug-likeness (QED) is 0.669. The third kappa shape index (κ3) is 3.05. The van der Waals surface area contributed by atoms with Gasteiger partial charge in [0.15, 0.2) is 9.84 Å². The van der Waals surface area contributed by atoms with Gasteiger partial charge < -0.3 is 9.53 Å². The van der Waals surface area contributed by atoms with Crippen molar-refractivity contribution in [1.82, 2.24) is 0 Å². The lowest BCUT2D eigenvalue weighted by atomic mass is 9.96. The molecule has 0 heterocycles. The molecular formula is C17H34O4SSi. The molecule has 136 valence electrons. The van der Waals surface area contributed by atoms with E-state index in [-0.39, 0.29) is 18.0 Å². The molecule has 0 aliphatic heterocycles. The molecule has 0 aromatic carbocycles. The average molecular weight is 363 g/mol. The lowest BCUT2D eigenvalue weighted by Crippen LogP contribution is -2.55. The number of hydrogen-bond donors (Lipinski definition) is 1. The summed E-state index contributed by atoms with van der Waals surface area (Å²) in [4.78, 5) is 0. The van der Waals surface area contributed by atoms with Crippen LogP contribution >= 0.6 is 0 Å². The van der Waals surface area contributed by atoms with E-state index in [1.54, 1.807) is 0 Å². The maximum atomic E-state index is 12.6. The van der Waals surface area contributed by atoms with Crippen molar-refractivity contribution in [3.63, 3.8) is 0 Å². The lowest BCUT2D eigenvalue weighted by molar-refractivity contribution is 0.101. The minimum Gasteiger partial charge on any atom is -0.413 e. The van der Waals surface area contributed by atoms with Crippen molar-refractivity contribution in [1.29, 1.82) is 0 Å². The zero-order valence-corrected chi connectivity index (χ0v) is 17.3. The summed E-state index contributed by atoms with van der Waals surface area (Å²) in [6, 6.07) is 0. The second-order valence-electron chi connectivity index (χ2n) is 8.54. The summed E-state index contributed by atoms with van der Waals surface area (Å²) in [6.45, 7) is 13.3. The van der Waals surface area contributed by atoms with Crippen molar-refractivity contribution in [2.45, 2.75) is 100.0 Å². The van der Waals surface area contributed by atoms with Gasteiger partial charge in [-0.05, 0) is 42.3 Å². The first kappa shape index (κ1) is 19.4. The molecule has 2 rings (SSSR count). The molecule has 1 N–H and O–H groups in total. The van der Waals surface area contributed by atoms with E-state index in [2.05, 4.69) is 41.5 Å². The second kappa shape index (κ2) is 6.43. The number of aliphatic hydroxyl groups is 1. The highest BCUT2D eigenvalue weighted by Crippen LogP contribution is 2.51. The van der Waals surface area contributed by atoms with Crippen LogP contribution in [0, 0.1) is 0 Å². The molecule has 2 aliphatic rings. The Labute approximate surface area is 143 Å². The summed E-state index contributed by atoms with van der Waals surface area (Å²) >= 11 is 0. The predicted molar refractivity (Wildman–Crippen MR) is 96.9 cm³/mol. The Morgan fingerprint density at radius 1 is 1.04 bits per heavy atom. The van der Waals surface area contributed by atoms with Gasteiger partial charge in [-0.15, -0.1) is 0 Å². The summed E-state index contributed by atoms with van der Waals surface area (Å²) < 4.78 is 31.1. The molecule has 2 saturated carbocycles. The normalized spacial score (nSPS) is 27.6. The highest BCUT2D eigenvalue weighted by molar-refractivity contribution is 7.93. The molecule has 0 bridgehead atoms. The van der Waals surface area contributed by atoms with Crippen LogP contribution in [-0.2, 0) is 14.3 Å². The van der Waals surface area contributed by atoms with E-state index in [0.29, 0.717) is 42.3 Å². The number of hydrogen-bond acceptors (Lipinski definition) is 4. The molecule has 0 radical (unpaired) electrons. The van der Waals surface area contributed by atoms with Gasteiger partial charge in [0, 0.05) is 6.10 Å². The van der Waals surface area contributed by atoms with Crippen LogP contribution in [0.1, 0.15) is 67.2 Å². The Morgan fingerprint density at radius 2 is 1.48 bits per heavy atom. The number of aliphatic hydroxyl groups excluding tert-OH is 1. The first-order valence-corrected chi connectivity index (χ1v) is 12.7. The first-order chi connectivity index (χ1) is 10.5. The van der Waals surface area contributed by atoms with Gasteiger partial charge >= 0.3 is 0 Å². The smallest absolute Gasteiger partial charge is 0.200 e. The van der Waals surface area contributed by atoms with Crippen LogP contribution in [0.15, 0.2) is 0 Å². The van der Waals surface area contributed by atoms with E-state index in [4.69, 9.17) is 4.43 Å². The fourth-order valence-corrected chi connectivity index (χ4v) is 12.7. The van der Waals surface area contributed by atoms with E-state index in [1.165, 1.54) is 0 Å². The van der Waals surface area contributed by atoms with Gasteiger partial charge in [-0.3, -0.25) is 0 Å². The standard InChI is InChI=1S/C17H34O4SSi/c1-12(2)23(13(3)4,14(5)6)21-15-9-16(10-15)22(19,20)17(11-18)7-8-17/h12-16,18H,7-11H2,1-6H3/t15-,16+. The van der Waals surface area contributed by atoms with Crippen molar-refractivity contribution in [2.75, 3.05) is 6.61 Å². The largest absolute Gasteiger partial charge is 0.413 e. The van der Waals surface area contributed by atoms with Crippen LogP contribution in [0.4, 0.5) is 0 Å². The van der Waals surface area contributed by atoms with Crippen molar-refractivity contribution in [3.8, 4) is 0 Å². The van der Waals surface area contributed by atoms with E-state index < -0.39 is 22.9 Å². The molecule has 0 aromatic heterocycles. The minimum atomic E-state index is -3.20. The van der Waals surface area contributed by atoms with Gasteiger partial charge in [-0.1, -0.05) is 41.5 Å². The zero-order valence-electron chi connectivity index (χ0n) is 15.5. The van der Waals surface area contributed by atoms with Gasteiger partial charge in [0.05, 0.1) is 16.6 Å². The van der Waals surface area contributed by atoms with E-state index >= 15 is 0 Å².